The van der Waals surface area contributed by atoms with Crippen LogP contribution in [-0.4, -0.2) is 70.9 Å². The number of hydrogen-bond acceptors (Lipinski definition) is 4. The molecule has 170 valence electrons. The fourth-order valence-electron chi connectivity index (χ4n) is 4.93. The van der Waals surface area contributed by atoms with Crippen molar-refractivity contribution in [3.8, 4) is 0 Å². The van der Waals surface area contributed by atoms with Gasteiger partial charge >= 0.3 is 0 Å². The van der Waals surface area contributed by atoms with Gasteiger partial charge < -0.3 is 14.4 Å². The van der Waals surface area contributed by atoms with Crippen molar-refractivity contribution in [2.45, 2.75) is 13.3 Å². The first kappa shape index (κ1) is 21.5. The summed E-state index contributed by atoms with van der Waals surface area (Å²) in [6.07, 6.45) is 2.74. The van der Waals surface area contributed by atoms with Crippen LogP contribution in [0.3, 0.4) is 0 Å². The SMILES string of the molecule is Cc1ccc(C2=C(N3CCN(C)CC3)C(=O)N(CCc3cn(C)c4ccccc34)C2=O)cc1. The Kier molecular flexibility index (Phi) is 5.54. The summed E-state index contributed by atoms with van der Waals surface area (Å²) in [5.41, 5.74) is 5.37. The quantitative estimate of drug-likeness (QED) is 0.570. The van der Waals surface area contributed by atoms with E-state index in [1.807, 2.05) is 50.4 Å². The normalized spacial score (nSPS) is 17.7. The first-order valence-electron chi connectivity index (χ1n) is 11.6. The molecule has 1 fully saturated rings. The van der Waals surface area contributed by atoms with Crippen LogP contribution in [0.2, 0.25) is 0 Å². The molecule has 6 nitrogen and oxygen atoms in total. The summed E-state index contributed by atoms with van der Waals surface area (Å²) in [7, 11) is 4.12. The van der Waals surface area contributed by atoms with Crippen LogP contribution in [0.4, 0.5) is 0 Å². The van der Waals surface area contributed by atoms with E-state index in [1.54, 1.807) is 0 Å². The lowest BCUT2D eigenvalue weighted by Gasteiger charge is -2.34. The maximum Gasteiger partial charge on any atom is 0.277 e. The molecule has 2 aliphatic rings. The van der Waals surface area contributed by atoms with Crippen LogP contribution in [0.5, 0.6) is 0 Å². The molecular weight excluding hydrogens is 412 g/mol. The molecular formula is C27H30N4O2. The maximum atomic E-state index is 13.6. The largest absolute Gasteiger partial charge is 0.364 e. The van der Waals surface area contributed by atoms with Crippen LogP contribution in [0.25, 0.3) is 16.5 Å². The summed E-state index contributed by atoms with van der Waals surface area (Å²) < 4.78 is 2.10. The van der Waals surface area contributed by atoms with Gasteiger partial charge in [0.15, 0.2) is 0 Å². The van der Waals surface area contributed by atoms with Crippen molar-refractivity contribution in [2.75, 3.05) is 39.8 Å². The first-order valence-corrected chi connectivity index (χ1v) is 11.6. The topological polar surface area (TPSA) is 48.8 Å². The Morgan fingerprint density at radius 3 is 2.27 bits per heavy atom. The van der Waals surface area contributed by atoms with E-state index in [1.165, 1.54) is 10.3 Å². The Morgan fingerprint density at radius 2 is 1.55 bits per heavy atom. The second kappa shape index (κ2) is 8.52. The number of likely N-dealkylation sites (N-methyl/N-ethyl adjacent to an activating group) is 1. The van der Waals surface area contributed by atoms with Gasteiger partial charge in [-0.1, -0.05) is 48.0 Å². The van der Waals surface area contributed by atoms with Gasteiger partial charge in [-0.25, -0.2) is 0 Å². The molecule has 0 radical (unpaired) electrons. The van der Waals surface area contributed by atoms with E-state index in [0.29, 0.717) is 24.2 Å². The van der Waals surface area contributed by atoms with Crippen molar-refractivity contribution >= 4 is 28.3 Å². The van der Waals surface area contributed by atoms with E-state index >= 15 is 0 Å². The molecule has 0 unspecified atom stereocenters. The summed E-state index contributed by atoms with van der Waals surface area (Å²) in [6, 6.07) is 16.2. The van der Waals surface area contributed by atoms with Gasteiger partial charge in [-0.05, 0) is 37.6 Å². The molecule has 0 spiro atoms. The van der Waals surface area contributed by atoms with Gasteiger partial charge in [-0.15, -0.1) is 0 Å². The number of hydrogen-bond donors (Lipinski definition) is 0. The number of nitrogens with zero attached hydrogens (tertiary/aromatic N) is 4. The third-order valence-electron chi connectivity index (χ3n) is 6.89. The molecule has 1 aromatic heterocycles. The fraction of sp³-hybridized carbons (Fsp3) is 0.333. The molecule has 33 heavy (non-hydrogen) atoms. The van der Waals surface area contributed by atoms with Crippen LogP contribution in [0.15, 0.2) is 60.4 Å². The molecule has 0 N–H and O–H groups in total. The van der Waals surface area contributed by atoms with E-state index < -0.39 is 0 Å². The van der Waals surface area contributed by atoms with Crippen molar-refractivity contribution in [2.24, 2.45) is 7.05 Å². The highest BCUT2D eigenvalue weighted by Crippen LogP contribution is 2.33. The van der Waals surface area contributed by atoms with E-state index in [-0.39, 0.29) is 11.8 Å². The number of benzene rings is 2. The minimum absolute atomic E-state index is 0.166. The van der Waals surface area contributed by atoms with E-state index in [9.17, 15) is 9.59 Å². The summed E-state index contributed by atoms with van der Waals surface area (Å²) in [5.74, 6) is -0.349. The number of amides is 2. The fourth-order valence-corrected chi connectivity index (χ4v) is 4.93. The molecule has 6 heteroatoms. The molecule has 3 heterocycles. The second-order valence-electron chi connectivity index (χ2n) is 9.17. The zero-order chi connectivity index (χ0) is 23.1. The smallest absolute Gasteiger partial charge is 0.277 e. The first-order chi connectivity index (χ1) is 15.9. The zero-order valence-corrected chi connectivity index (χ0v) is 19.5. The molecule has 0 bridgehead atoms. The van der Waals surface area contributed by atoms with Crippen molar-refractivity contribution in [3.63, 3.8) is 0 Å². The third-order valence-corrected chi connectivity index (χ3v) is 6.89. The number of aromatic nitrogens is 1. The number of aryl methyl sites for hydroxylation is 2. The minimum atomic E-state index is -0.182. The summed E-state index contributed by atoms with van der Waals surface area (Å²) in [5, 5.41) is 1.17. The number of rotatable bonds is 5. The summed E-state index contributed by atoms with van der Waals surface area (Å²) >= 11 is 0. The average Bonchev–Trinajstić information content (AvgIpc) is 3.27. The monoisotopic (exact) mass is 442 g/mol. The lowest BCUT2D eigenvalue weighted by atomic mass is 10.0. The predicted octanol–water partition coefficient (Wildman–Crippen LogP) is 3.06. The van der Waals surface area contributed by atoms with Gasteiger partial charge in [0.1, 0.15) is 5.70 Å². The van der Waals surface area contributed by atoms with Gasteiger partial charge in [0.25, 0.3) is 11.8 Å². The highest BCUT2D eigenvalue weighted by atomic mass is 16.2. The van der Waals surface area contributed by atoms with E-state index in [4.69, 9.17) is 0 Å². The standard InChI is InChI=1S/C27H30N4O2/c1-19-8-10-20(11-9-19)24-25(30-16-14-28(2)15-17-30)27(33)31(26(24)32)13-12-21-18-29(3)23-7-5-4-6-22(21)23/h4-11,18H,12-17H2,1-3H3. The Labute approximate surface area is 194 Å². The Balaban J connectivity index is 1.46. The number of imide groups is 1. The molecule has 2 aliphatic heterocycles. The third kappa shape index (κ3) is 3.85. The zero-order valence-electron chi connectivity index (χ0n) is 19.5. The van der Waals surface area contributed by atoms with Crippen LogP contribution < -0.4 is 0 Å². The molecule has 2 aromatic carbocycles. The van der Waals surface area contributed by atoms with E-state index in [0.717, 1.165) is 48.4 Å². The molecule has 3 aromatic rings. The van der Waals surface area contributed by atoms with Crippen LogP contribution in [0.1, 0.15) is 16.7 Å². The van der Waals surface area contributed by atoms with E-state index in [2.05, 4.69) is 39.7 Å². The number of carbonyl (C=O) groups excluding carboxylic acids is 2. The van der Waals surface area contributed by atoms with Crippen molar-refractivity contribution in [1.82, 2.24) is 19.3 Å². The Morgan fingerprint density at radius 1 is 0.848 bits per heavy atom. The Bertz CT molecular complexity index is 1250. The molecule has 1 saturated heterocycles. The number of para-hydroxylation sites is 1. The van der Waals surface area contributed by atoms with Crippen LogP contribution >= 0.6 is 0 Å². The number of carbonyl (C=O) groups is 2. The van der Waals surface area contributed by atoms with Gasteiger partial charge in [-0.3, -0.25) is 14.5 Å². The number of piperazine rings is 1. The lowest BCUT2D eigenvalue weighted by molar-refractivity contribution is -0.137. The molecule has 0 saturated carbocycles. The van der Waals surface area contributed by atoms with Gasteiger partial charge in [0.05, 0.1) is 5.57 Å². The summed E-state index contributed by atoms with van der Waals surface area (Å²) in [4.78, 5) is 33.0. The number of fused-ring (bicyclic) bond motifs is 1. The molecule has 0 atom stereocenters. The lowest BCUT2D eigenvalue weighted by Crippen LogP contribution is -2.46. The average molecular weight is 443 g/mol. The molecule has 5 rings (SSSR count). The molecule has 2 amide bonds. The van der Waals surface area contributed by atoms with Crippen molar-refractivity contribution < 1.29 is 9.59 Å². The predicted molar refractivity (Wildman–Crippen MR) is 131 cm³/mol. The van der Waals surface area contributed by atoms with Crippen LogP contribution in [0, 0.1) is 6.92 Å². The molecule has 0 aliphatic carbocycles. The maximum absolute atomic E-state index is 13.6. The van der Waals surface area contributed by atoms with Gasteiger partial charge in [0, 0.05) is 56.9 Å². The van der Waals surface area contributed by atoms with Crippen LogP contribution in [-0.2, 0) is 23.1 Å². The Hall–Kier alpha value is -3.38. The minimum Gasteiger partial charge on any atom is -0.364 e. The summed E-state index contributed by atoms with van der Waals surface area (Å²) in [6.45, 7) is 5.65. The second-order valence-corrected chi connectivity index (χ2v) is 9.17. The van der Waals surface area contributed by atoms with Gasteiger partial charge in [0.2, 0.25) is 0 Å². The van der Waals surface area contributed by atoms with Crippen molar-refractivity contribution in [1.29, 1.82) is 0 Å². The highest BCUT2D eigenvalue weighted by Gasteiger charge is 2.41. The highest BCUT2D eigenvalue weighted by molar-refractivity contribution is 6.35. The van der Waals surface area contributed by atoms with Crippen molar-refractivity contribution in [3.05, 3.63) is 77.1 Å². The van der Waals surface area contributed by atoms with Gasteiger partial charge in [-0.2, -0.15) is 0 Å².